The summed E-state index contributed by atoms with van der Waals surface area (Å²) in [5.74, 6) is 0. The fourth-order valence-electron chi connectivity index (χ4n) is 4.44. The highest BCUT2D eigenvalue weighted by molar-refractivity contribution is 5.84. The van der Waals surface area contributed by atoms with Crippen molar-refractivity contribution in [1.82, 2.24) is 0 Å². The molecule has 0 N–H and O–H groups in total. The van der Waals surface area contributed by atoms with E-state index in [2.05, 4.69) is 43.3 Å². The van der Waals surface area contributed by atoms with Crippen LogP contribution in [0.5, 0.6) is 0 Å². The molecule has 0 aliphatic heterocycles. The lowest BCUT2D eigenvalue weighted by atomic mass is 9.87. The Morgan fingerprint density at radius 3 is 2.15 bits per heavy atom. The van der Waals surface area contributed by atoms with Gasteiger partial charge in [0.25, 0.3) is 0 Å². The molecular weight excluding hydrogens is 328 g/mol. The van der Waals surface area contributed by atoms with E-state index in [0.29, 0.717) is 6.10 Å². The molecule has 0 amide bonds. The lowest BCUT2D eigenvalue weighted by molar-refractivity contribution is 0.0383. The maximum absolute atomic E-state index is 6.33. The zero-order valence-corrected chi connectivity index (χ0v) is 17.3. The van der Waals surface area contributed by atoms with Gasteiger partial charge >= 0.3 is 0 Å². The zero-order chi connectivity index (χ0) is 18.7. The van der Waals surface area contributed by atoms with Crippen molar-refractivity contribution in [1.29, 1.82) is 0 Å². The van der Waals surface area contributed by atoms with E-state index in [1.165, 1.54) is 105 Å². The second-order valence-corrected chi connectivity index (χ2v) is 8.33. The van der Waals surface area contributed by atoms with E-state index in [4.69, 9.17) is 4.74 Å². The Balaban J connectivity index is 1.35. The predicted octanol–water partition coefficient (Wildman–Crippen LogP) is 8.15. The molecule has 2 aromatic rings. The van der Waals surface area contributed by atoms with Gasteiger partial charge < -0.3 is 4.74 Å². The van der Waals surface area contributed by atoms with Gasteiger partial charge in [0.15, 0.2) is 0 Å². The topological polar surface area (TPSA) is 9.23 Å². The number of hydrogen-bond acceptors (Lipinski definition) is 1. The second kappa shape index (κ2) is 11.5. The first-order chi connectivity index (χ1) is 13.4. The number of benzene rings is 2. The van der Waals surface area contributed by atoms with Gasteiger partial charge in [0, 0.05) is 6.61 Å². The van der Waals surface area contributed by atoms with Crippen LogP contribution in [0.4, 0.5) is 0 Å². The Hall–Kier alpha value is -1.34. The second-order valence-electron chi connectivity index (χ2n) is 8.33. The third-order valence-corrected chi connectivity index (χ3v) is 6.08. The molecule has 0 fully saturated rings. The van der Waals surface area contributed by atoms with Crippen LogP contribution >= 0.6 is 0 Å². The molecule has 3 rings (SSSR count). The molecule has 148 valence electrons. The third kappa shape index (κ3) is 6.35. The van der Waals surface area contributed by atoms with Crippen LogP contribution in [-0.4, -0.2) is 6.61 Å². The average Bonchev–Trinajstić information content (AvgIpc) is 2.70. The molecule has 0 spiro atoms. The summed E-state index contributed by atoms with van der Waals surface area (Å²) in [6, 6.07) is 13.5. The molecule has 1 heteroatoms. The Bertz CT molecular complexity index is 675. The summed E-state index contributed by atoms with van der Waals surface area (Å²) in [6.07, 6.45) is 17.8. The number of fused-ring (bicyclic) bond motifs is 2. The Kier molecular flexibility index (Phi) is 8.68. The minimum Gasteiger partial charge on any atom is -0.374 e. The van der Waals surface area contributed by atoms with E-state index >= 15 is 0 Å². The van der Waals surface area contributed by atoms with Gasteiger partial charge in [0.1, 0.15) is 0 Å². The first-order valence-corrected chi connectivity index (χ1v) is 11.5. The molecular formula is C26H38O. The smallest absolute Gasteiger partial charge is 0.0827 e. The molecule has 0 aromatic heterocycles. The average molecular weight is 367 g/mol. The summed E-state index contributed by atoms with van der Waals surface area (Å²) in [6.45, 7) is 3.21. The van der Waals surface area contributed by atoms with Gasteiger partial charge in [-0.1, -0.05) is 95.0 Å². The van der Waals surface area contributed by atoms with Gasteiger partial charge in [-0.3, -0.25) is 0 Å². The summed E-state index contributed by atoms with van der Waals surface area (Å²) >= 11 is 0. The van der Waals surface area contributed by atoms with E-state index < -0.39 is 0 Å². The molecule has 1 unspecified atom stereocenters. The highest BCUT2D eigenvalue weighted by atomic mass is 16.5. The van der Waals surface area contributed by atoms with E-state index in [1.54, 1.807) is 0 Å². The summed E-state index contributed by atoms with van der Waals surface area (Å²) in [7, 11) is 0. The van der Waals surface area contributed by atoms with Crippen LogP contribution in [0.2, 0.25) is 0 Å². The van der Waals surface area contributed by atoms with Crippen molar-refractivity contribution in [2.45, 2.75) is 96.5 Å². The van der Waals surface area contributed by atoms with Crippen molar-refractivity contribution in [2.75, 3.05) is 6.61 Å². The molecule has 1 nitrogen and oxygen atoms in total. The summed E-state index contributed by atoms with van der Waals surface area (Å²) in [4.78, 5) is 0. The molecule has 1 aliphatic carbocycles. The van der Waals surface area contributed by atoms with Crippen LogP contribution in [0.1, 0.15) is 101 Å². The van der Waals surface area contributed by atoms with Gasteiger partial charge in [-0.25, -0.2) is 0 Å². The number of rotatable bonds is 12. The van der Waals surface area contributed by atoms with Crippen molar-refractivity contribution < 1.29 is 4.74 Å². The molecule has 1 atom stereocenters. The van der Waals surface area contributed by atoms with Crippen molar-refractivity contribution >= 4 is 10.8 Å². The summed E-state index contributed by atoms with van der Waals surface area (Å²) in [5.41, 5.74) is 2.96. The minimum absolute atomic E-state index is 0.317. The zero-order valence-electron chi connectivity index (χ0n) is 17.3. The van der Waals surface area contributed by atoms with Crippen LogP contribution < -0.4 is 0 Å². The van der Waals surface area contributed by atoms with Gasteiger partial charge in [-0.2, -0.15) is 0 Å². The molecule has 1 aliphatic rings. The normalized spacial score (nSPS) is 16.6. The first kappa shape index (κ1) is 20.4. The maximum Gasteiger partial charge on any atom is 0.0827 e. The Morgan fingerprint density at radius 2 is 1.44 bits per heavy atom. The maximum atomic E-state index is 6.33. The summed E-state index contributed by atoms with van der Waals surface area (Å²) < 4.78 is 6.33. The lowest BCUT2D eigenvalue weighted by Crippen LogP contribution is -2.13. The van der Waals surface area contributed by atoms with Crippen molar-refractivity contribution in [3.8, 4) is 0 Å². The largest absolute Gasteiger partial charge is 0.374 e. The van der Waals surface area contributed by atoms with Crippen LogP contribution in [0.15, 0.2) is 36.4 Å². The molecule has 0 bridgehead atoms. The quantitative estimate of drug-likeness (QED) is 0.344. The Morgan fingerprint density at radius 1 is 0.815 bits per heavy atom. The van der Waals surface area contributed by atoms with Gasteiger partial charge in [0.2, 0.25) is 0 Å². The molecule has 0 heterocycles. The van der Waals surface area contributed by atoms with Crippen LogP contribution in [0.25, 0.3) is 10.8 Å². The van der Waals surface area contributed by atoms with Crippen LogP contribution in [0, 0.1) is 0 Å². The van der Waals surface area contributed by atoms with Crippen LogP contribution in [-0.2, 0) is 11.2 Å². The van der Waals surface area contributed by atoms with Crippen molar-refractivity contribution in [3.63, 3.8) is 0 Å². The Labute approximate surface area is 166 Å². The number of unbranched alkanes of at least 4 members (excludes halogenated alkanes) is 9. The molecule has 0 saturated heterocycles. The predicted molar refractivity (Wildman–Crippen MR) is 117 cm³/mol. The molecule has 2 aromatic carbocycles. The first-order valence-electron chi connectivity index (χ1n) is 11.5. The van der Waals surface area contributed by atoms with Gasteiger partial charge in [-0.05, 0) is 53.6 Å². The van der Waals surface area contributed by atoms with Gasteiger partial charge in [-0.15, -0.1) is 0 Å². The lowest BCUT2D eigenvalue weighted by Gasteiger charge is -2.26. The van der Waals surface area contributed by atoms with E-state index in [-0.39, 0.29) is 0 Å². The standard InChI is InChI=1S/C26H38O/c1-2-3-4-5-6-7-8-9-10-13-19-27-26-18-14-17-24-20-22-15-11-12-16-23(22)21-25(24)26/h11-12,15-16,20-21,26H,2-10,13-14,17-19H2,1H3. The molecule has 27 heavy (non-hydrogen) atoms. The third-order valence-electron chi connectivity index (χ3n) is 6.08. The monoisotopic (exact) mass is 366 g/mol. The van der Waals surface area contributed by atoms with E-state index in [9.17, 15) is 0 Å². The summed E-state index contributed by atoms with van der Waals surface area (Å²) in [5, 5.41) is 2.72. The van der Waals surface area contributed by atoms with Crippen LogP contribution in [0.3, 0.4) is 0 Å². The minimum atomic E-state index is 0.317. The van der Waals surface area contributed by atoms with Crippen molar-refractivity contribution in [2.24, 2.45) is 0 Å². The molecule has 0 saturated carbocycles. The fraction of sp³-hybridized carbons (Fsp3) is 0.615. The highest BCUT2D eigenvalue weighted by Gasteiger charge is 2.21. The van der Waals surface area contributed by atoms with E-state index in [0.717, 1.165) is 6.61 Å². The number of ether oxygens (including phenoxy) is 1. The SMILES string of the molecule is CCCCCCCCCCCCOC1CCCc2cc3ccccc3cc21. The van der Waals surface area contributed by atoms with Crippen molar-refractivity contribution in [3.05, 3.63) is 47.5 Å². The fourth-order valence-corrected chi connectivity index (χ4v) is 4.44. The molecule has 0 radical (unpaired) electrons. The number of hydrogen-bond donors (Lipinski definition) is 0. The van der Waals surface area contributed by atoms with Gasteiger partial charge in [0.05, 0.1) is 6.10 Å². The van der Waals surface area contributed by atoms with E-state index in [1.807, 2.05) is 0 Å². The highest BCUT2D eigenvalue weighted by Crippen LogP contribution is 2.35. The number of aryl methyl sites for hydroxylation is 1.